The average Bonchev–Trinajstić information content (AvgIpc) is 3.10. The predicted octanol–water partition coefficient (Wildman–Crippen LogP) is 1.46. The Hall–Kier alpha value is -2.87. The summed E-state index contributed by atoms with van der Waals surface area (Å²) in [5, 5.41) is 9.52. The van der Waals surface area contributed by atoms with Gasteiger partial charge in [0.05, 0.1) is 12.1 Å². The maximum Gasteiger partial charge on any atom is 0.312 e. The number of ketones is 1. The van der Waals surface area contributed by atoms with Gasteiger partial charge in [-0.1, -0.05) is 32.0 Å². The molecule has 3 amide bonds. The van der Waals surface area contributed by atoms with Crippen LogP contribution in [0, 0.1) is 5.92 Å². The van der Waals surface area contributed by atoms with Crippen LogP contribution in [0.1, 0.15) is 32.3 Å². The second kappa shape index (κ2) is 10.6. The number of aromatic amines is 1. The van der Waals surface area contributed by atoms with E-state index in [2.05, 4.69) is 20.9 Å². The highest BCUT2D eigenvalue weighted by Crippen LogP contribution is 2.19. The highest BCUT2D eigenvalue weighted by Gasteiger charge is 2.26. The molecule has 1 heterocycles. The van der Waals surface area contributed by atoms with Crippen molar-refractivity contribution >= 4 is 28.6 Å². The third kappa shape index (κ3) is 6.32. The zero-order valence-electron chi connectivity index (χ0n) is 17.2. The lowest BCUT2D eigenvalue weighted by Gasteiger charge is -2.23. The van der Waals surface area contributed by atoms with Crippen LogP contribution in [0.3, 0.4) is 0 Å². The molecule has 0 fully saturated rings. The lowest BCUT2D eigenvalue weighted by atomic mass is 9.97. The van der Waals surface area contributed by atoms with Crippen molar-refractivity contribution in [3.63, 3.8) is 0 Å². The number of urea groups is 1. The molecule has 0 spiro atoms. The Bertz CT molecular complexity index is 846. The highest BCUT2D eigenvalue weighted by atomic mass is 16.2. The SMILES string of the molecule is CN[C@@H](Cc1c[nH]c2ccccc12)C(=O)N[C@H](CCCNC(N)=O)C(=O)C(C)C. The molecule has 0 unspecified atom stereocenters. The molecular formula is C21H31N5O3. The van der Waals surface area contributed by atoms with Crippen molar-refractivity contribution in [2.24, 2.45) is 11.7 Å². The Labute approximate surface area is 171 Å². The number of rotatable bonds is 11. The first-order valence-corrected chi connectivity index (χ1v) is 9.93. The maximum atomic E-state index is 12.9. The first kappa shape index (κ1) is 22.4. The number of nitrogens with two attached hydrogens (primary N) is 1. The minimum atomic E-state index is -0.602. The molecule has 29 heavy (non-hydrogen) atoms. The summed E-state index contributed by atoms with van der Waals surface area (Å²) < 4.78 is 0. The molecule has 2 rings (SSSR count). The molecule has 0 aliphatic carbocycles. The van der Waals surface area contributed by atoms with Crippen LogP contribution < -0.4 is 21.7 Å². The Morgan fingerprint density at radius 1 is 1.14 bits per heavy atom. The van der Waals surface area contributed by atoms with E-state index in [9.17, 15) is 14.4 Å². The van der Waals surface area contributed by atoms with Crippen LogP contribution in [-0.2, 0) is 16.0 Å². The quantitative estimate of drug-likeness (QED) is 0.365. The highest BCUT2D eigenvalue weighted by molar-refractivity contribution is 5.92. The van der Waals surface area contributed by atoms with Gasteiger partial charge in [-0.05, 0) is 37.9 Å². The van der Waals surface area contributed by atoms with Gasteiger partial charge < -0.3 is 26.7 Å². The van der Waals surface area contributed by atoms with Crippen LogP contribution in [-0.4, -0.2) is 48.4 Å². The van der Waals surface area contributed by atoms with Gasteiger partial charge in [-0.25, -0.2) is 4.79 Å². The number of carbonyl (C=O) groups excluding carboxylic acids is 3. The molecule has 6 N–H and O–H groups in total. The normalized spacial score (nSPS) is 13.2. The molecular weight excluding hydrogens is 370 g/mol. The standard InChI is InChI=1S/C21H31N5O3/c1-13(2)19(27)17(9-6-10-24-21(22)29)26-20(28)18(23-3)11-14-12-25-16-8-5-4-7-15(14)16/h4-5,7-8,12-13,17-18,23,25H,6,9-11H2,1-3H3,(H,26,28)(H3,22,24,29)/t17-,18+/m1/s1. The summed E-state index contributed by atoms with van der Waals surface area (Å²) in [5.74, 6) is -0.454. The second-order valence-corrected chi connectivity index (χ2v) is 7.46. The number of para-hydroxylation sites is 1. The van der Waals surface area contributed by atoms with Gasteiger partial charge >= 0.3 is 6.03 Å². The number of carbonyl (C=O) groups is 3. The summed E-state index contributed by atoms with van der Waals surface area (Å²) in [4.78, 5) is 39.5. The van der Waals surface area contributed by atoms with Crippen molar-refractivity contribution in [2.45, 2.75) is 45.2 Å². The zero-order valence-corrected chi connectivity index (χ0v) is 17.2. The topological polar surface area (TPSA) is 129 Å². The molecule has 0 radical (unpaired) electrons. The van der Waals surface area contributed by atoms with Gasteiger partial charge in [0, 0.05) is 29.6 Å². The fourth-order valence-electron chi connectivity index (χ4n) is 3.32. The van der Waals surface area contributed by atoms with E-state index in [0.29, 0.717) is 25.8 Å². The number of hydrogen-bond donors (Lipinski definition) is 5. The van der Waals surface area contributed by atoms with Gasteiger partial charge in [0.1, 0.15) is 0 Å². The van der Waals surface area contributed by atoms with Crippen LogP contribution in [0.2, 0.25) is 0 Å². The fraction of sp³-hybridized carbons (Fsp3) is 0.476. The Kier molecular flexibility index (Phi) is 8.21. The van der Waals surface area contributed by atoms with E-state index < -0.39 is 18.1 Å². The zero-order chi connectivity index (χ0) is 21.4. The van der Waals surface area contributed by atoms with E-state index in [4.69, 9.17) is 5.73 Å². The average molecular weight is 402 g/mol. The van der Waals surface area contributed by atoms with Crippen molar-refractivity contribution in [1.29, 1.82) is 0 Å². The summed E-state index contributed by atoms with van der Waals surface area (Å²) in [5.41, 5.74) is 7.12. The van der Waals surface area contributed by atoms with Gasteiger partial charge in [-0.2, -0.15) is 0 Å². The summed E-state index contributed by atoms with van der Waals surface area (Å²) in [7, 11) is 1.73. The number of primary amides is 1. The number of amides is 3. The Morgan fingerprint density at radius 3 is 2.52 bits per heavy atom. The fourth-order valence-corrected chi connectivity index (χ4v) is 3.32. The molecule has 8 nitrogen and oxygen atoms in total. The van der Waals surface area contributed by atoms with Crippen LogP contribution in [0.4, 0.5) is 4.79 Å². The number of benzene rings is 1. The second-order valence-electron chi connectivity index (χ2n) is 7.46. The molecule has 0 bridgehead atoms. The van der Waals surface area contributed by atoms with E-state index in [1.807, 2.05) is 44.3 Å². The van der Waals surface area contributed by atoms with E-state index >= 15 is 0 Å². The van der Waals surface area contributed by atoms with Crippen molar-refractivity contribution in [3.8, 4) is 0 Å². The smallest absolute Gasteiger partial charge is 0.312 e. The van der Waals surface area contributed by atoms with E-state index in [0.717, 1.165) is 16.5 Å². The number of aromatic nitrogens is 1. The number of Topliss-reactive ketones (excluding diaryl/α,β-unsaturated/α-hetero) is 1. The Balaban J connectivity index is 2.04. The van der Waals surface area contributed by atoms with E-state index in [1.54, 1.807) is 7.05 Å². The van der Waals surface area contributed by atoms with Crippen LogP contribution in [0.15, 0.2) is 30.5 Å². The van der Waals surface area contributed by atoms with Crippen molar-refractivity contribution in [3.05, 3.63) is 36.0 Å². The third-order valence-corrected chi connectivity index (χ3v) is 4.96. The van der Waals surface area contributed by atoms with Gasteiger partial charge in [-0.15, -0.1) is 0 Å². The molecule has 0 aliphatic rings. The van der Waals surface area contributed by atoms with Gasteiger partial charge in [-0.3, -0.25) is 9.59 Å². The van der Waals surface area contributed by atoms with Crippen LogP contribution in [0.25, 0.3) is 10.9 Å². The van der Waals surface area contributed by atoms with Crippen molar-refractivity contribution in [1.82, 2.24) is 20.9 Å². The third-order valence-electron chi connectivity index (χ3n) is 4.96. The van der Waals surface area contributed by atoms with E-state index in [1.165, 1.54) is 0 Å². The molecule has 2 atom stereocenters. The van der Waals surface area contributed by atoms with Crippen molar-refractivity contribution < 1.29 is 14.4 Å². The molecule has 0 aliphatic heterocycles. The molecule has 0 saturated carbocycles. The molecule has 8 heteroatoms. The number of fused-ring (bicyclic) bond motifs is 1. The predicted molar refractivity (Wildman–Crippen MR) is 113 cm³/mol. The molecule has 1 aromatic heterocycles. The summed E-state index contributed by atoms with van der Waals surface area (Å²) in [6.07, 6.45) is 3.39. The lowest BCUT2D eigenvalue weighted by Crippen LogP contribution is -2.51. The lowest BCUT2D eigenvalue weighted by molar-refractivity contribution is -0.130. The maximum absolute atomic E-state index is 12.9. The summed E-state index contributed by atoms with van der Waals surface area (Å²) in [6.45, 7) is 3.98. The van der Waals surface area contributed by atoms with Gasteiger partial charge in [0.25, 0.3) is 0 Å². The molecule has 1 aromatic carbocycles. The molecule has 2 aromatic rings. The van der Waals surface area contributed by atoms with Crippen LogP contribution in [0.5, 0.6) is 0 Å². The summed E-state index contributed by atoms with van der Waals surface area (Å²) in [6, 6.07) is 6.25. The van der Waals surface area contributed by atoms with Crippen molar-refractivity contribution in [2.75, 3.05) is 13.6 Å². The minimum absolute atomic E-state index is 0.0284. The number of H-pyrrole nitrogens is 1. The first-order chi connectivity index (χ1) is 13.8. The van der Waals surface area contributed by atoms with E-state index in [-0.39, 0.29) is 17.6 Å². The summed E-state index contributed by atoms with van der Waals surface area (Å²) >= 11 is 0. The first-order valence-electron chi connectivity index (χ1n) is 9.93. The molecule has 158 valence electrons. The monoisotopic (exact) mass is 401 g/mol. The minimum Gasteiger partial charge on any atom is -0.361 e. The number of nitrogens with one attached hydrogen (secondary N) is 4. The van der Waals surface area contributed by atoms with Gasteiger partial charge in [0.15, 0.2) is 5.78 Å². The Morgan fingerprint density at radius 2 is 1.86 bits per heavy atom. The van der Waals surface area contributed by atoms with Crippen LogP contribution >= 0.6 is 0 Å². The number of hydrogen-bond acceptors (Lipinski definition) is 4. The number of likely N-dealkylation sites (N-methyl/N-ethyl adjacent to an activating group) is 1. The largest absolute Gasteiger partial charge is 0.361 e. The molecule has 0 saturated heterocycles. The van der Waals surface area contributed by atoms with Gasteiger partial charge in [0.2, 0.25) is 5.91 Å².